The molecule has 2 aromatic carbocycles. The molecule has 0 aliphatic carbocycles. The number of carbonyl (C=O) groups excluding carboxylic acids is 1. The number of hydrogen-bond donors (Lipinski definition) is 0. The van der Waals surface area contributed by atoms with E-state index in [2.05, 4.69) is 0 Å². The largest absolute Gasteiger partial charge is 0.308 e. The zero-order valence-electron chi connectivity index (χ0n) is 12.9. The van der Waals surface area contributed by atoms with E-state index in [0.717, 1.165) is 5.56 Å². The molecule has 0 bridgehead atoms. The SMILES string of the molecule is CN(Cc1ccc(F)cc1)C1CCN(c2ccccc2F)C1=O. The van der Waals surface area contributed by atoms with E-state index in [9.17, 15) is 13.6 Å². The van der Waals surface area contributed by atoms with Crippen molar-refractivity contribution in [3.63, 3.8) is 0 Å². The standard InChI is InChI=1S/C18H18F2N2O/c1-21(12-13-6-8-14(19)9-7-13)17-10-11-22(18(17)23)16-5-3-2-4-15(16)20/h2-9,17H,10-12H2,1H3. The minimum absolute atomic E-state index is 0.0975. The second-order valence-corrected chi connectivity index (χ2v) is 5.79. The van der Waals surface area contributed by atoms with Gasteiger partial charge in [0.25, 0.3) is 0 Å². The van der Waals surface area contributed by atoms with E-state index in [-0.39, 0.29) is 23.6 Å². The number of hydrogen-bond acceptors (Lipinski definition) is 2. The second-order valence-electron chi connectivity index (χ2n) is 5.79. The molecule has 0 saturated carbocycles. The van der Waals surface area contributed by atoms with Crippen LogP contribution in [0.15, 0.2) is 48.5 Å². The van der Waals surface area contributed by atoms with Crippen LogP contribution in [0.25, 0.3) is 0 Å². The molecule has 1 fully saturated rings. The Kier molecular flexibility index (Phi) is 4.39. The van der Waals surface area contributed by atoms with E-state index >= 15 is 0 Å². The van der Waals surface area contributed by atoms with Crippen LogP contribution in [0.5, 0.6) is 0 Å². The predicted molar refractivity (Wildman–Crippen MR) is 85.0 cm³/mol. The fraction of sp³-hybridized carbons (Fsp3) is 0.278. The van der Waals surface area contributed by atoms with Gasteiger partial charge in [0.1, 0.15) is 11.6 Å². The van der Waals surface area contributed by atoms with Gasteiger partial charge in [-0.05, 0) is 43.3 Å². The van der Waals surface area contributed by atoms with E-state index in [4.69, 9.17) is 0 Å². The van der Waals surface area contributed by atoms with Crippen molar-refractivity contribution >= 4 is 11.6 Å². The summed E-state index contributed by atoms with van der Waals surface area (Å²) in [7, 11) is 1.86. The van der Waals surface area contributed by atoms with Gasteiger partial charge in [-0.1, -0.05) is 24.3 Å². The molecule has 23 heavy (non-hydrogen) atoms. The molecular weight excluding hydrogens is 298 g/mol. The van der Waals surface area contributed by atoms with Gasteiger partial charge in [-0.25, -0.2) is 8.78 Å². The minimum atomic E-state index is -0.386. The van der Waals surface area contributed by atoms with Crippen LogP contribution in [0, 0.1) is 11.6 Å². The number of rotatable bonds is 4. The van der Waals surface area contributed by atoms with E-state index in [1.807, 2.05) is 11.9 Å². The summed E-state index contributed by atoms with van der Waals surface area (Å²) in [6.45, 7) is 1.04. The Morgan fingerprint density at radius 3 is 2.52 bits per heavy atom. The van der Waals surface area contributed by atoms with Gasteiger partial charge in [-0.2, -0.15) is 0 Å². The van der Waals surface area contributed by atoms with Crippen LogP contribution in [0.1, 0.15) is 12.0 Å². The third-order valence-corrected chi connectivity index (χ3v) is 4.20. The monoisotopic (exact) mass is 316 g/mol. The lowest BCUT2D eigenvalue weighted by Gasteiger charge is -2.24. The van der Waals surface area contributed by atoms with Crippen LogP contribution >= 0.6 is 0 Å². The number of halogens is 2. The van der Waals surface area contributed by atoms with Gasteiger partial charge in [0, 0.05) is 13.1 Å². The molecule has 120 valence electrons. The maximum atomic E-state index is 13.9. The fourth-order valence-corrected chi connectivity index (χ4v) is 2.97. The van der Waals surface area contributed by atoms with Crippen LogP contribution in [-0.4, -0.2) is 30.4 Å². The van der Waals surface area contributed by atoms with Crippen molar-refractivity contribution < 1.29 is 13.6 Å². The summed E-state index contributed by atoms with van der Waals surface area (Å²) in [6, 6.07) is 12.3. The van der Waals surface area contributed by atoms with Crippen molar-refractivity contribution in [3.05, 3.63) is 65.7 Å². The number of carbonyl (C=O) groups is 1. The minimum Gasteiger partial charge on any atom is -0.308 e. The average Bonchev–Trinajstić information content (AvgIpc) is 2.92. The van der Waals surface area contributed by atoms with Gasteiger partial charge in [0.05, 0.1) is 11.7 Å². The van der Waals surface area contributed by atoms with Gasteiger partial charge in [0.15, 0.2) is 0 Å². The molecule has 3 rings (SSSR count). The Bertz CT molecular complexity index is 702. The summed E-state index contributed by atoms with van der Waals surface area (Å²) in [4.78, 5) is 16.0. The van der Waals surface area contributed by atoms with E-state index in [0.29, 0.717) is 25.2 Å². The molecule has 3 nitrogen and oxygen atoms in total. The zero-order chi connectivity index (χ0) is 16.4. The van der Waals surface area contributed by atoms with Crippen molar-refractivity contribution in [2.75, 3.05) is 18.5 Å². The van der Waals surface area contributed by atoms with Crippen molar-refractivity contribution in [3.8, 4) is 0 Å². The lowest BCUT2D eigenvalue weighted by Crippen LogP contribution is -2.39. The van der Waals surface area contributed by atoms with Crippen molar-refractivity contribution in [1.29, 1.82) is 0 Å². The molecule has 2 aromatic rings. The lowest BCUT2D eigenvalue weighted by atomic mass is 10.1. The molecule has 1 aliphatic heterocycles. The van der Waals surface area contributed by atoms with Gasteiger partial charge >= 0.3 is 0 Å². The first-order chi connectivity index (χ1) is 11.1. The summed E-state index contributed by atoms with van der Waals surface area (Å²) in [6.07, 6.45) is 0.644. The molecule has 0 N–H and O–H groups in total. The van der Waals surface area contributed by atoms with E-state index in [1.165, 1.54) is 23.1 Å². The predicted octanol–water partition coefficient (Wildman–Crippen LogP) is 3.20. The summed E-state index contributed by atoms with van der Waals surface area (Å²) >= 11 is 0. The third kappa shape index (κ3) is 3.24. The highest BCUT2D eigenvalue weighted by Gasteiger charge is 2.36. The Labute approximate surface area is 134 Å². The molecular formula is C18H18F2N2O. The highest BCUT2D eigenvalue weighted by atomic mass is 19.1. The molecule has 5 heteroatoms. The van der Waals surface area contributed by atoms with E-state index < -0.39 is 0 Å². The maximum Gasteiger partial charge on any atom is 0.244 e. The molecule has 1 atom stereocenters. The summed E-state index contributed by atoms with van der Waals surface area (Å²) in [5.74, 6) is -0.763. The summed E-state index contributed by atoms with van der Waals surface area (Å²) in [5.41, 5.74) is 1.27. The molecule has 1 unspecified atom stereocenters. The quantitative estimate of drug-likeness (QED) is 0.865. The first-order valence-electron chi connectivity index (χ1n) is 7.57. The number of anilines is 1. The summed E-state index contributed by atoms with van der Waals surface area (Å²) < 4.78 is 26.8. The second kappa shape index (κ2) is 6.46. The Balaban J connectivity index is 1.71. The highest BCUT2D eigenvalue weighted by Crippen LogP contribution is 2.26. The summed E-state index contributed by atoms with van der Waals surface area (Å²) in [5, 5.41) is 0. The molecule has 1 heterocycles. The van der Waals surface area contributed by atoms with Crippen molar-refractivity contribution in [2.24, 2.45) is 0 Å². The van der Waals surface area contributed by atoms with Crippen LogP contribution in [-0.2, 0) is 11.3 Å². The van der Waals surface area contributed by atoms with Crippen molar-refractivity contribution in [1.82, 2.24) is 4.90 Å². The molecule has 0 radical (unpaired) electrons. The van der Waals surface area contributed by atoms with Gasteiger partial charge in [-0.3, -0.25) is 9.69 Å². The Morgan fingerprint density at radius 2 is 1.83 bits per heavy atom. The fourth-order valence-electron chi connectivity index (χ4n) is 2.97. The number of para-hydroxylation sites is 1. The lowest BCUT2D eigenvalue weighted by molar-refractivity contribution is -0.121. The molecule has 1 aliphatic rings. The first-order valence-corrected chi connectivity index (χ1v) is 7.57. The van der Waals surface area contributed by atoms with Crippen LogP contribution in [0.4, 0.5) is 14.5 Å². The van der Waals surface area contributed by atoms with E-state index in [1.54, 1.807) is 30.3 Å². The van der Waals surface area contributed by atoms with Crippen LogP contribution < -0.4 is 4.90 Å². The average molecular weight is 316 g/mol. The van der Waals surface area contributed by atoms with Crippen LogP contribution in [0.2, 0.25) is 0 Å². The van der Waals surface area contributed by atoms with Gasteiger partial charge in [0.2, 0.25) is 5.91 Å². The molecule has 1 saturated heterocycles. The number of amides is 1. The van der Waals surface area contributed by atoms with Gasteiger partial charge < -0.3 is 4.90 Å². The van der Waals surface area contributed by atoms with Crippen LogP contribution in [0.3, 0.4) is 0 Å². The number of likely N-dealkylation sites (N-methyl/N-ethyl adjacent to an activating group) is 1. The molecule has 0 aromatic heterocycles. The topological polar surface area (TPSA) is 23.6 Å². The molecule has 1 amide bonds. The Morgan fingerprint density at radius 1 is 1.13 bits per heavy atom. The third-order valence-electron chi connectivity index (χ3n) is 4.20. The highest BCUT2D eigenvalue weighted by molar-refractivity contribution is 5.99. The normalized spacial score (nSPS) is 18.0. The van der Waals surface area contributed by atoms with Gasteiger partial charge in [-0.15, -0.1) is 0 Å². The smallest absolute Gasteiger partial charge is 0.244 e. The maximum absolute atomic E-state index is 13.9. The Hall–Kier alpha value is -2.27. The first kappa shape index (κ1) is 15.6. The zero-order valence-corrected chi connectivity index (χ0v) is 12.9. The van der Waals surface area contributed by atoms with Crippen molar-refractivity contribution in [2.45, 2.75) is 19.0 Å². The number of benzene rings is 2. The molecule has 0 spiro atoms. The number of nitrogens with zero attached hydrogens (tertiary/aromatic N) is 2.